The Bertz CT molecular complexity index is 1310. The van der Waals surface area contributed by atoms with Crippen LogP contribution >= 0.6 is 23.1 Å². The van der Waals surface area contributed by atoms with E-state index in [1.54, 1.807) is 6.92 Å². The summed E-state index contributed by atoms with van der Waals surface area (Å²) in [5.74, 6) is -2.64. The number of anilines is 1. The van der Waals surface area contributed by atoms with Gasteiger partial charge in [0, 0.05) is 17.5 Å². The Morgan fingerprint density at radius 2 is 2.11 bits per heavy atom. The molecule has 4 rings (SSSR count). The molecule has 2 atom stereocenters. The van der Waals surface area contributed by atoms with Crippen LogP contribution in [0.1, 0.15) is 18.2 Å². The lowest BCUT2D eigenvalue weighted by Crippen LogP contribution is -2.71. The number of nitrogens with two attached hydrogens (primary N) is 1. The molecule has 1 unspecified atom stereocenters. The smallest absolute Gasteiger partial charge is 0.358 e. The standard InChI is InChI=1S/C21H20N6O8S2/c1-2-35-25-14(12-8-37-21(22)23-12)17(29)24-15-18(30)26-16(13(28)9-36-19(15)26)20(31)34-7-10-3-5-11(6-4-10)27(32)33/h3-6,8,15,19,28H,2,7,9H2,1H3,(H2,22,23)(H,24,29)/t15?,19-/m1/s1. The van der Waals surface area contributed by atoms with Crippen molar-refractivity contribution in [2.75, 3.05) is 18.1 Å². The zero-order chi connectivity index (χ0) is 26.7. The number of benzene rings is 1. The predicted octanol–water partition coefficient (Wildman–Crippen LogP) is 1.29. The molecular formula is C21H20N6O8S2. The number of oxime groups is 1. The molecule has 2 amide bonds. The first-order valence-electron chi connectivity index (χ1n) is 10.7. The number of hydrogen-bond acceptors (Lipinski definition) is 13. The van der Waals surface area contributed by atoms with E-state index in [9.17, 15) is 29.6 Å². The number of carbonyl (C=O) groups excluding carboxylic acids is 3. The van der Waals surface area contributed by atoms with Crippen LogP contribution < -0.4 is 11.1 Å². The molecule has 3 heterocycles. The Morgan fingerprint density at radius 1 is 1.38 bits per heavy atom. The number of amides is 2. The van der Waals surface area contributed by atoms with Gasteiger partial charge in [-0.1, -0.05) is 5.16 Å². The molecule has 2 aliphatic rings. The normalized spacial score (nSPS) is 19.1. The maximum absolute atomic E-state index is 12.9. The van der Waals surface area contributed by atoms with Crippen LogP contribution in [-0.4, -0.2) is 67.2 Å². The Hall–Kier alpha value is -4.18. The summed E-state index contributed by atoms with van der Waals surface area (Å²) in [6, 6.07) is 4.38. The van der Waals surface area contributed by atoms with E-state index in [1.807, 2.05) is 0 Å². The average Bonchev–Trinajstić information content (AvgIpc) is 3.31. The molecule has 37 heavy (non-hydrogen) atoms. The van der Waals surface area contributed by atoms with Crippen LogP contribution in [0.5, 0.6) is 0 Å². The van der Waals surface area contributed by atoms with Crippen LogP contribution in [0.3, 0.4) is 0 Å². The number of non-ortho nitro benzene ring substituents is 1. The van der Waals surface area contributed by atoms with Gasteiger partial charge >= 0.3 is 5.97 Å². The summed E-state index contributed by atoms with van der Waals surface area (Å²) in [6.45, 7) is 1.64. The molecule has 2 aliphatic heterocycles. The number of β-lactam (4-membered cyclic amide) rings is 1. The van der Waals surface area contributed by atoms with Gasteiger partial charge in [-0.2, -0.15) is 0 Å². The largest absolute Gasteiger partial charge is 0.509 e. The summed E-state index contributed by atoms with van der Waals surface area (Å²) < 4.78 is 5.23. The number of thioether (sulfide) groups is 1. The average molecular weight is 549 g/mol. The lowest BCUT2D eigenvalue weighted by atomic mass is 10.0. The molecule has 4 N–H and O–H groups in total. The Labute approximate surface area is 217 Å². The van der Waals surface area contributed by atoms with Crippen molar-refractivity contribution in [1.82, 2.24) is 15.2 Å². The molecule has 1 saturated heterocycles. The molecule has 1 fully saturated rings. The molecule has 1 aromatic carbocycles. The second-order valence-corrected chi connectivity index (χ2v) is 9.58. The minimum absolute atomic E-state index is 0.00525. The molecule has 1 aromatic heterocycles. The summed E-state index contributed by atoms with van der Waals surface area (Å²) >= 11 is 2.26. The van der Waals surface area contributed by atoms with Crippen molar-refractivity contribution in [1.29, 1.82) is 0 Å². The summed E-state index contributed by atoms with van der Waals surface area (Å²) in [5, 5.41) is 28.5. The minimum Gasteiger partial charge on any atom is -0.509 e. The van der Waals surface area contributed by atoms with Gasteiger partial charge in [0.1, 0.15) is 36.1 Å². The molecule has 0 bridgehead atoms. The molecule has 0 spiro atoms. The highest BCUT2D eigenvalue weighted by Gasteiger charge is 2.55. The molecule has 16 heteroatoms. The fourth-order valence-electron chi connectivity index (χ4n) is 3.46. The molecule has 2 aromatic rings. The first kappa shape index (κ1) is 25.9. The number of aliphatic hydroxyl groups is 1. The highest BCUT2D eigenvalue weighted by atomic mass is 32.2. The van der Waals surface area contributed by atoms with Crippen LogP contribution in [0, 0.1) is 10.1 Å². The number of nitro groups is 1. The number of rotatable bonds is 9. The maximum atomic E-state index is 12.9. The number of aromatic nitrogens is 1. The molecular weight excluding hydrogens is 528 g/mol. The van der Waals surface area contributed by atoms with Crippen molar-refractivity contribution in [3.05, 3.63) is 62.5 Å². The fourth-order valence-corrected chi connectivity index (χ4v) is 5.21. The van der Waals surface area contributed by atoms with Crippen LogP contribution in [0.4, 0.5) is 10.8 Å². The van der Waals surface area contributed by atoms with Crippen molar-refractivity contribution in [2.24, 2.45) is 5.16 Å². The van der Waals surface area contributed by atoms with Gasteiger partial charge in [-0.15, -0.1) is 23.1 Å². The van der Waals surface area contributed by atoms with Gasteiger partial charge < -0.3 is 25.7 Å². The summed E-state index contributed by atoms with van der Waals surface area (Å²) in [7, 11) is 0. The van der Waals surface area contributed by atoms with E-state index in [4.69, 9.17) is 15.3 Å². The first-order valence-corrected chi connectivity index (χ1v) is 12.6. The Morgan fingerprint density at radius 3 is 2.73 bits per heavy atom. The van der Waals surface area contributed by atoms with Crippen molar-refractivity contribution in [2.45, 2.75) is 24.9 Å². The van der Waals surface area contributed by atoms with Crippen molar-refractivity contribution < 1.29 is 34.0 Å². The van der Waals surface area contributed by atoms with E-state index in [-0.39, 0.29) is 52.6 Å². The van der Waals surface area contributed by atoms with Crippen molar-refractivity contribution >= 4 is 57.4 Å². The summed E-state index contributed by atoms with van der Waals surface area (Å²) in [6.07, 6.45) is 0. The third-order valence-corrected chi connectivity index (χ3v) is 7.15. The Balaban J connectivity index is 1.43. The number of carbonyl (C=O) groups is 3. The number of nitrogens with zero attached hydrogens (tertiary/aromatic N) is 4. The topological polar surface area (TPSA) is 200 Å². The van der Waals surface area contributed by atoms with Crippen molar-refractivity contribution in [3.8, 4) is 0 Å². The number of hydrogen-bond donors (Lipinski definition) is 3. The van der Waals surface area contributed by atoms with Gasteiger partial charge in [0.05, 0.1) is 10.7 Å². The van der Waals surface area contributed by atoms with Crippen LogP contribution in [0.15, 0.2) is 46.3 Å². The molecule has 0 radical (unpaired) electrons. The summed E-state index contributed by atoms with van der Waals surface area (Å²) in [5.41, 5.74) is 5.70. The van der Waals surface area contributed by atoms with Gasteiger partial charge in [-0.05, 0) is 24.6 Å². The second kappa shape index (κ2) is 10.8. The number of ether oxygens (including phenoxy) is 1. The third-order valence-electron chi connectivity index (χ3n) is 5.21. The van der Waals surface area contributed by atoms with Gasteiger partial charge in [-0.25, -0.2) is 9.78 Å². The monoisotopic (exact) mass is 548 g/mol. The molecule has 0 aliphatic carbocycles. The number of aliphatic hydroxyl groups excluding tert-OH is 1. The lowest BCUT2D eigenvalue weighted by molar-refractivity contribution is -0.384. The van der Waals surface area contributed by atoms with Crippen LogP contribution in [0.2, 0.25) is 0 Å². The van der Waals surface area contributed by atoms with E-state index < -0.39 is 34.1 Å². The quantitative estimate of drug-likeness (QED) is 0.134. The van der Waals surface area contributed by atoms with Crippen LogP contribution in [0.25, 0.3) is 0 Å². The van der Waals surface area contributed by atoms with E-state index >= 15 is 0 Å². The predicted molar refractivity (Wildman–Crippen MR) is 132 cm³/mol. The van der Waals surface area contributed by atoms with Crippen LogP contribution in [-0.2, 0) is 30.6 Å². The third kappa shape index (κ3) is 5.34. The maximum Gasteiger partial charge on any atom is 0.358 e. The molecule has 14 nitrogen and oxygen atoms in total. The number of nitro benzene ring substituents is 1. The van der Waals surface area contributed by atoms with E-state index in [0.717, 1.165) is 28.0 Å². The lowest BCUT2D eigenvalue weighted by Gasteiger charge is -2.48. The fraction of sp³-hybridized carbons (Fsp3) is 0.286. The number of thiazole rings is 1. The molecule has 194 valence electrons. The van der Waals surface area contributed by atoms with Gasteiger partial charge in [0.2, 0.25) is 0 Å². The zero-order valence-electron chi connectivity index (χ0n) is 19.2. The number of nitrogen functional groups attached to an aromatic ring is 1. The minimum atomic E-state index is -1.01. The van der Waals surface area contributed by atoms with E-state index in [0.29, 0.717) is 5.56 Å². The Kier molecular flexibility index (Phi) is 7.58. The van der Waals surface area contributed by atoms with Crippen molar-refractivity contribution in [3.63, 3.8) is 0 Å². The van der Waals surface area contributed by atoms with E-state index in [2.05, 4.69) is 15.5 Å². The molecule has 0 saturated carbocycles. The zero-order valence-corrected chi connectivity index (χ0v) is 20.8. The highest BCUT2D eigenvalue weighted by Crippen LogP contribution is 2.40. The number of nitrogens with one attached hydrogen (secondary N) is 1. The summed E-state index contributed by atoms with van der Waals surface area (Å²) in [4.78, 5) is 58.9. The van der Waals surface area contributed by atoms with Gasteiger partial charge in [0.25, 0.3) is 17.5 Å². The van der Waals surface area contributed by atoms with Gasteiger partial charge in [0.15, 0.2) is 16.5 Å². The first-order chi connectivity index (χ1) is 17.7. The second-order valence-electron chi connectivity index (χ2n) is 7.58. The highest BCUT2D eigenvalue weighted by molar-refractivity contribution is 8.00. The van der Waals surface area contributed by atoms with E-state index in [1.165, 1.54) is 29.6 Å². The SMILES string of the molecule is CCON=C(C(=O)NC1C(=O)N2C(C(=O)OCc3ccc([N+](=O)[O-])cc3)=C(O)CS[C@H]12)c1csc(N)n1. The number of esters is 1. The van der Waals surface area contributed by atoms with Gasteiger partial charge in [-0.3, -0.25) is 24.6 Å². The number of fused-ring (bicyclic) bond motifs is 1.